The third-order valence-electron chi connectivity index (χ3n) is 5.49. The van der Waals surface area contributed by atoms with Gasteiger partial charge in [-0.05, 0) is 18.2 Å². The van der Waals surface area contributed by atoms with Crippen molar-refractivity contribution < 1.29 is 9.90 Å². The zero-order valence-corrected chi connectivity index (χ0v) is 17.8. The molecule has 2 aliphatic heterocycles. The Balaban J connectivity index is 1.41. The SMILES string of the molecule is C=CC(=O)N1CC(N2CCN(c3nnccc3Nc3cc(Cl)c(Cl)cc3O)CC2)C1. The van der Waals surface area contributed by atoms with E-state index in [1.165, 1.54) is 12.1 Å². The van der Waals surface area contributed by atoms with E-state index >= 15 is 0 Å². The summed E-state index contributed by atoms with van der Waals surface area (Å²) in [6.45, 7) is 8.34. The molecule has 158 valence electrons. The maximum Gasteiger partial charge on any atom is 0.246 e. The first-order chi connectivity index (χ1) is 14.5. The number of hydrogen-bond acceptors (Lipinski definition) is 7. The van der Waals surface area contributed by atoms with Crippen molar-refractivity contribution in [2.75, 3.05) is 49.5 Å². The van der Waals surface area contributed by atoms with Gasteiger partial charge in [0.05, 0.1) is 27.6 Å². The highest BCUT2D eigenvalue weighted by Crippen LogP contribution is 2.36. The number of rotatable bonds is 5. The average molecular weight is 449 g/mol. The van der Waals surface area contributed by atoms with Gasteiger partial charge in [-0.3, -0.25) is 9.69 Å². The van der Waals surface area contributed by atoms with E-state index in [4.69, 9.17) is 23.2 Å². The molecule has 0 unspecified atom stereocenters. The lowest BCUT2D eigenvalue weighted by Gasteiger charge is -2.48. The van der Waals surface area contributed by atoms with Gasteiger partial charge in [-0.25, -0.2) is 0 Å². The lowest BCUT2D eigenvalue weighted by molar-refractivity contribution is -0.133. The van der Waals surface area contributed by atoms with Gasteiger partial charge >= 0.3 is 0 Å². The Labute approximate surface area is 184 Å². The first kappa shape index (κ1) is 20.7. The quantitative estimate of drug-likeness (QED) is 0.537. The van der Waals surface area contributed by atoms with Crippen LogP contribution in [0, 0.1) is 0 Å². The Kier molecular flexibility index (Phi) is 5.99. The summed E-state index contributed by atoms with van der Waals surface area (Å²) in [5, 5.41) is 22.3. The highest BCUT2D eigenvalue weighted by Gasteiger charge is 2.35. The molecule has 3 heterocycles. The number of phenols is 1. The summed E-state index contributed by atoms with van der Waals surface area (Å²) < 4.78 is 0. The molecule has 8 nitrogen and oxygen atoms in total. The second-order valence-corrected chi connectivity index (χ2v) is 8.12. The molecule has 10 heteroatoms. The van der Waals surface area contributed by atoms with Gasteiger partial charge in [-0.1, -0.05) is 29.8 Å². The number of hydrogen-bond donors (Lipinski definition) is 2. The summed E-state index contributed by atoms with van der Waals surface area (Å²) in [4.78, 5) is 18.0. The van der Waals surface area contributed by atoms with Gasteiger partial charge in [0.15, 0.2) is 5.82 Å². The van der Waals surface area contributed by atoms with Crippen LogP contribution in [-0.4, -0.2) is 76.3 Å². The number of aromatic nitrogens is 2. The number of anilines is 3. The van der Waals surface area contributed by atoms with E-state index in [-0.39, 0.29) is 16.7 Å². The molecule has 0 bridgehead atoms. The highest BCUT2D eigenvalue weighted by atomic mass is 35.5. The molecule has 1 aromatic heterocycles. The molecule has 4 rings (SSSR count). The molecule has 1 amide bonds. The lowest BCUT2D eigenvalue weighted by atomic mass is 10.1. The predicted molar refractivity (Wildman–Crippen MR) is 118 cm³/mol. The fraction of sp³-hybridized carbons (Fsp3) is 0.350. The molecule has 0 saturated carbocycles. The third-order valence-corrected chi connectivity index (χ3v) is 6.21. The Morgan fingerprint density at radius 2 is 1.87 bits per heavy atom. The number of nitrogens with zero attached hydrogens (tertiary/aromatic N) is 5. The third kappa shape index (κ3) is 4.16. The molecule has 0 aliphatic carbocycles. The zero-order valence-electron chi connectivity index (χ0n) is 16.3. The van der Waals surface area contributed by atoms with Crippen LogP contribution in [0.2, 0.25) is 10.0 Å². The minimum absolute atomic E-state index is 0.000547. The van der Waals surface area contributed by atoms with Crippen molar-refractivity contribution in [2.45, 2.75) is 6.04 Å². The molecule has 2 saturated heterocycles. The van der Waals surface area contributed by atoms with Gasteiger partial charge in [0.1, 0.15) is 5.75 Å². The van der Waals surface area contributed by atoms with E-state index in [0.717, 1.165) is 45.0 Å². The smallest absolute Gasteiger partial charge is 0.246 e. The molecule has 2 N–H and O–H groups in total. The van der Waals surface area contributed by atoms with E-state index < -0.39 is 0 Å². The van der Waals surface area contributed by atoms with Crippen molar-refractivity contribution in [3.8, 4) is 5.75 Å². The fourth-order valence-electron chi connectivity index (χ4n) is 3.73. The van der Waals surface area contributed by atoms with Gasteiger partial charge in [-0.15, -0.1) is 5.10 Å². The minimum atomic E-state index is -0.00859. The van der Waals surface area contributed by atoms with Crippen molar-refractivity contribution in [2.24, 2.45) is 0 Å². The van der Waals surface area contributed by atoms with Gasteiger partial charge in [-0.2, -0.15) is 5.10 Å². The standard InChI is InChI=1S/C20H22Cl2N6O2/c1-2-19(30)28-11-13(12-28)26-5-7-27(8-6-26)20-16(3-4-23-25-20)24-17-9-14(21)15(22)10-18(17)29/h2-4,9-10,13,29H,1,5-8,11-12H2,(H,23,24). The number of halogens is 2. The maximum atomic E-state index is 11.6. The molecule has 2 aromatic rings. The molecule has 2 aliphatic rings. The molecular weight excluding hydrogens is 427 g/mol. The molecule has 1 aromatic carbocycles. The number of carbonyl (C=O) groups excluding carboxylic acids is 1. The number of amides is 1. The summed E-state index contributed by atoms with van der Waals surface area (Å²) in [6.07, 6.45) is 2.96. The van der Waals surface area contributed by atoms with Crippen molar-refractivity contribution in [1.29, 1.82) is 0 Å². The summed E-state index contributed by atoms with van der Waals surface area (Å²) in [7, 11) is 0. The van der Waals surface area contributed by atoms with Crippen molar-refractivity contribution >= 4 is 46.3 Å². The minimum Gasteiger partial charge on any atom is -0.506 e. The molecule has 2 fully saturated rings. The van der Waals surface area contributed by atoms with Crippen LogP contribution in [0.1, 0.15) is 0 Å². The Hall–Kier alpha value is -2.55. The summed E-state index contributed by atoms with van der Waals surface area (Å²) in [5.74, 6) is 0.700. The molecule has 30 heavy (non-hydrogen) atoms. The first-order valence-electron chi connectivity index (χ1n) is 9.63. The molecule has 0 spiro atoms. The van der Waals surface area contributed by atoms with Crippen LogP contribution in [0.5, 0.6) is 5.75 Å². The van der Waals surface area contributed by atoms with Gasteiger partial charge in [0, 0.05) is 51.4 Å². The number of likely N-dealkylation sites (tertiary alicyclic amines) is 1. The van der Waals surface area contributed by atoms with Crippen LogP contribution in [0.3, 0.4) is 0 Å². The number of piperazine rings is 1. The monoisotopic (exact) mass is 448 g/mol. The van der Waals surface area contributed by atoms with E-state index in [1.54, 1.807) is 23.2 Å². The molecule has 0 radical (unpaired) electrons. The van der Waals surface area contributed by atoms with E-state index in [9.17, 15) is 9.90 Å². The number of aromatic hydroxyl groups is 1. The summed E-state index contributed by atoms with van der Waals surface area (Å²) >= 11 is 12.0. The highest BCUT2D eigenvalue weighted by molar-refractivity contribution is 6.42. The van der Waals surface area contributed by atoms with Crippen LogP contribution in [-0.2, 0) is 4.79 Å². The number of phenolic OH excluding ortho intramolecular Hbond substituents is 1. The Bertz CT molecular complexity index is 958. The largest absolute Gasteiger partial charge is 0.506 e. The lowest BCUT2D eigenvalue weighted by Crippen LogP contribution is -2.64. The summed E-state index contributed by atoms with van der Waals surface area (Å²) in [5.41, 5.74) is 1.16. The van der Waals surface area contributed by atoms with Crippen LogP contribution in [0.4, 0.5) is 17.2 Å². The second-order valence-electron chi connectivity index (χ2n) is 7.30. The van der Waals surface area contributed by atoms with Crippen molar-refractivity contribution in [3.05, 3.63) is 47.1 Å². The van der Waals surface area contributed by atoms with Crippen molar-refractivity contribution in [3.63, 3.8) is 0 Å². The maximum absolute atomic E-state index is 11.6. The average Bonchev–Trinajstić information content (AvgIpc) is 2.72. The van der Waals surface area contributed by atoms with E-state index in [2.05, 4.69) is 31.9 Å². The van der Waals surface area contributed by atoms with Gasteiger partial charge < -0.3 is 20.2 Å². The van der Waals surface area contributed by atoms with Crippen LogP contribution >= 0.6 is 23.2 Å². The Morgan fingerprint density at radius 3 is 2.57 bits per heavy atom. The molecule has 0 atom stereocenters. The topological polar surface area (TPSA) is 84.8 Å². The van der Waals surface area contributed by atoms with Crippen molar-refractivity contribution in [1.82, 2.24) is 20.0 Å². The van der Waals surface area contributed by atoms with Gasteiger partial charge in [0.2, 0.25) is 5.91 Å². The zero-order chi connectivity index (χ0) is 21.3. The fourth-order valence-corrected chi connectivity index (χ4v) is 4.05. The van der Waals surface area contributed by atoms with Crippen LogP contribution in [0.15, 0.2) is 37.1 Å². The number of benzene rings is 1. The number of nitrogens with one attached hydrogen (secondary N) is 1. The summed E-state index contributed by atoms with van der Waals surface area (Å²) in [6, 6.07) is 5.18. The van der Waals surface area contributed by atoms with E-state index in [0.29, 0.717) is 22.6 Å². The van der Waals surface area contributed by atoms with Crippen LogP contribution < -0.4 is 10.2 Å². The first-order valence-corrected chi connectivity index (χ1v) is 10.4. The van der Waals surface area contributed by atoms with E-state index in [1.807, 2.05) is 0 Å². The van der Waals surface area contributed by atoms with Crippen LogP contribution in [0.25, 0.3) is 0 Å². The predicted octanol–water partition coefficient (Wildman–Crippen LogP) is 2.75. The molecular formula is C20H22Cl2N6O2. The van der Waals surface area contributed by atoms with Gasteiger partial charge in [0.25, 0.3) is 0 Å². The second kappa shape index (κ2) is 8.67. The number of carbonyl (C=O) groups is 1. The Morgan fingerprint density at radius 1 is 1.17 bits per heavy atom. The normalized spacial score (nSPS) is 17.5.